The van der Waals surface area contributed by atoms with Crippen molar-refractivity contribution in [2.45, 2.75) is 19.4 Å². The molecule has 0 bridgehead atoms. The summed E-state index contributed by atoms with van der Waals surface area (Å²) in [5.74, 6) is 2.84. The summed E-state index contributed by atoms with van der Waals surface area (Å²) in [7, 11) is 0. The molecule has 6 heteroatoms. The standard InChI is InChI=1S/C10H9ClN4O/c1-4-10(2,3)16-8-6-5-12-15-7(6)13-9(11)14-8/h1,5H,2-3H3,(H,12,13,14,15). The van der Waals surface area contributed by atoms with Gasteiger partial charge in [-0.15, -0.1) is 6.42 Å². The average Bonchev–Trinajstić information content (AvgIpc) is 2.65. The Morgan fingerprint density at radius 3 is 2.94 bits per heavy atom. The van der Waals surface area contributed by atoms with Gasteiger partial charge in [0, 0.05) is 0 Å². The van der Waals surface area contributed by atoms with E-state index >= 15 is 0 Å². The van der Waals surface area contributed by atoms with E-state index in [0.29, 0.717) is 16.9 Å². The lowest BCUT2D eigenvalue weighted by Gasteiger charge is -2.19. The Hall–Kier alpha value is -1.80. The Kier molecular flexibility index (Phi) is 2.44. The van der Waals surface area contributed by atoms with E-state index in [1.807, 2.05) is 0 Å². The molecule has 0 radical (unpaired) electrons. The molecule has 1 N–H and O–H groups in total. The maximum absolute atomic E-state index is 5.75. The van der Waals surface area contributed by atoms with Crippen molar-refractivity contribution >= 4 is 22.6 Å². The first-order valence-electron chi connectivity index (χ1n) is 4.55. The molecule has 0 spiro atoms. The number of hydrogen-bond donors (Lipinski definition) is 1. The predicted octanol–water partition coefficient (Wildman–Crippen LogP) is 1.80. The minimum Gasteiger partial charge on any atom is -0.458 e. The van der Waals surface area contributed by atoms with Gasteiger partial charge in [-0.3, -0.25) is 5.10 Å². The molecule has 0 aliphatic heterocycles. The second-order valence-corrected chi connectivity index (χ2v) is 4.02. The van der Waals surface area contributed by atoms with Gasteiger partial charge in [0.25, 0.3) is 0 Å². The first-order valence-corrected chi connectivity index (χ1v) is 4.93. The van der Waals surface area contributed by atoms with E-state index in [1.165, 1.54) is 0 Å². The summed E-state index contributed by atoms with van der Waals surface area (Å²) < 4.78 is 5.57. The largest absolute Gasteiger partial charge is 0.458 e. The van der Waals surface area contributed by atoms with E-state index in [2.05, 4.69) is 26.1 Å². The number of nitrogens with one attached hydrogen (secondary N) is 1. The number of terminal acetylenes is 1. The van der Waals surface area contributed by atoms with Crippen LogP contribution in [-0.2, 0) is 0 Å². The molecule has 16 heavy (non-hydrogen) atoms. The minimum absolute atomic E-state index is 0.0829. The van der Waals surface area contributed by atoms with E-state index < -0.39 is 5.60 Å². The molecule has 2 aromatic rings. The highest BCUT2D eigenvalue weighted by Crippen LogP contribution is 2.25. The SMILES string of the molecule is C#CC(C)(C)Oc1nc(Cl)nc2[nH]ncc12. The Labute approximate surface area is 97.2 Å². The summed E-state index contributed by atoms with van der Waals surface area (Å²) in [5.41, 5.74) is -0.246. The monoisotopic (exact) mass is 236 g/mol. The second kappa shape index (κ2) is 3.65. The summed E-state index contributed by atoms with van der Waals surface area (Å²) in [6.45, 7) is 3.52. The molecule has 0 saturated carbocycles. The Balaban J connectivity index is 2.52. The predicted molar refractivity (Wildman–Crippen MR) is 60.2 cm³/mol. The van der Waals surface area contributed by atoms with Gasteiger partial charge in [0.05, 0.1) is 6.20 Å². The van der Waals surface area contributed by atoms with Crippen molar-refractivity contribution in [3.8, 4) is 18.2 Å². The number of aromatic amines is 1. The number of ether oxygens (including phenoxy) is 1. The molecular formula is C10H9ClN4O. The molecule has 2 rings (SSSR count). The third kappa shape index (κ3) is 1.92. The molecule has 82 valence electrons. The van der Waals surface area contributed by atoms with Crippen LogP contribution < -0.4 is 4.74 Å². The van der Waals surface area contributed by atoms with Crippen molar-refractivity contribution in [1.82, 2.24) is 20.2 Å². The number of halogens is 1. The number of nitrogens with zero attached hydrogens (tertiary/aromatic N) is 3. The number of aromatic nitrogens is 4. The zero-order valence-electron chi connectivity index (χ0n) is 8.78. The van der Waals surface area contributed by atoms with Crippen LogP contribution >= 0.6 is 11.6 Å². The van der Waals surface area contributed by atoms with Gasteiger partial charge < -0.3 is 4.74 Å². The number of fused-ring (bicyclic) bond motifs is 1. The molecule has 0 fully saturated rings. The van der Waals surface area contributed by atoms with Gasteiger partial charge >= 0.3 is 0 Å². The Morgan fingerprint density at radius 1 is 1.50 bits per heavy atom. The molecule has 0 saturated heterocycles. The van der Waals surface area contributed by atoms with Crippen LogP contribution in [0.1, 0.15) is 13.8 Å². The van der Waals surface area contributed by atoms with Crippen molar-refractivity contribution < 1.29 is 4.74 Å². The average molecular weight is 237 g/mol. The number of H-pyrrole nitrogens is 1. The van der Waals surface area contributed by atoms with Crippen LogP contribution in [0.5, 0.6) is 5.88 Å². The van der Waals surface area contributed by atoms with E-state index in [0.717, 1.165) is 0 Å². The van der Waals surface area contributed by atoms with Gasteiger partial charge in [-0.1, -0.05) is 5.92 Å². The lowest BCUT2D eigenvalue weighted by atomic mass is 10.1. The molecule has 0 unspecified atom stereocenters. The lowest BCUT2D eigenvalue weighted by molar-refractivity contribution is 0.167. The molecule has 2 aromatic heterocycles. The minimum atomic E-state index is -0.762. The zero-order chi connectivity index (χ0) is 11.8. The van der Waals surface area contributed by atoms with Crippen molar-refractivity contribution in [3.05, 3.63) is 11.5 Å². The van der Waals surface area contributed by atoms with Crippen molar-refractivity contribution in [2.24, 2.45) is 0 Å². The molecule has 0 atom stereocenters. The topological polar surface area (TPSA) is 63.7 Å². The smallest absolute Gasteiger partial charge is 0.230 e. The van der Waals surface area contributed by atoms with Crippen molar-refractivity contribution in [1.29, 1.82) is 0 Å². The van der Waals surface area contributed by atoms with Crippen LogP contribution in [0.3, 0.4) is 0 Å². The lowest BCUT2D eigenvalue weighted by Crippen LogP contribution is -2.26. The van der Waals surface area contributed by atoms with Gasteiger partial charge in [0.15, 0.2) is 11.2 Å². The first kappa shape index (κ1) is 10.7. The summed E-state index contributed by atoms with van der Waals surface area (Å²) in [6, 6.07) is 0. The molecule has 0 aromatic carbocycles. The van der Waals surface area contributed by atoms with Gasteiger partial charge in [0.2, 0.25) is 11.2 Å². The summed E-state index contributed by atoms with van der Waals surface area (Å²) in [5, 5.41) is 7.26. The molecule has 2 heterocycles. The van der Waals surface area contributed by atoms with Gasteiger partial charge in [0.1, 0.15) is 5.39 Å². The summed E-state index contributed by atoms with van der Waals surface area (Å²) in [6.07, 6.45) is 6.90. The van der Waals surface area contributed by atoms with E-state index in [9.17, 15) is 0 Å². The van der Waals surface area contributed by atoms with E-state index in [1.54, 1.807) is 20.0 Å². The van der Waals surface area contributed by atoms with Gasteiger partial charge in [-0.25, -0.2) is 0 Å². The maximum Gasteiger partial charge on any atom is 0.230 e. The van der Waals surface area contributed by atoms with Crippen LogP contribution in [0.15, 0.2) is 6.20 Å². The molecule has 0 aliphatic carbocycles. The highest BCUT2D eigenvalue weighted by molar-refractivity contribution is 6.28. The van der Waals surface area contributed by atoms with Crippen LogP contribution in [0.2, 0.25) is 5.28 Å². The molecular weight excluding hydrogens is 228 g/mol. The van der Waals surface area contributed by atoms with Crippen molar-refractivity contribution in [2.75, 3.05) is 0 Å². The second-order valence-electron chi connectivity index (χ2n) is 3.69. The number of rotatable bonds is 2. The van der Waals surface area contributed by atoms with Crippen LogP contribution in [0, 0.1) is 12.3 Å². The van der Waals surface area contributed by atoms with E-state index in [-0.39, 0.29) is 5.28 Å². The summed E-state index contributed by atoms with van der Waals surface area (Å²) >= 11 is 5.75. The van der Waals surface area contributed by atoms with Gasteiger partial charge in [-0.05, 0) is 25.4 Å². The van der Waals surface area contributed by atoms with Crippen LogP contribution in [-0.4, -0.2) is 25.8 Å². The highest BCUT2D eigenvalue weighted by Gasteiger charge is 2.19. The summed E-state index contributed by atoms with van der Waals surface area (Å²) in [4.78, 5) is 7.94. The van der Waals surface area contributed by atoms with Gasteiger partial charge in [-0.2, -0.15) is 15.1 Å². The van der Waals surface area contributed by atoms with Crippen molar-refractivity contribution in [3.63, 3.8) is 0 Å². The fourth-order valence-electron chi connectivity index (χ4n) is 1.13. The molecule has 0 aliphatic rings. The Bertz CT molecular complexity index is 570. The zero-order valence-corrected chi connectivity index (χ0v) is 9.54. The quantitative estimate of drug-likeness (QED) is 0.638. The Morgan fingerprint density at radius 2 is 2.25 bits per heavy atom. The van der Waals surface area contributed by atoms with Crippen LogP contribution in [0.4, 0.5) is 0 Å². The third-order valence-corrected chi connectivity index (χ3v) is 2.12. The first-order chi connectivity index (χ1) is 7.52. The fourth-order valence-corrected chi connectivity index (χ4v) is 1.29. The normalized spacial score (nSPS) is 11.4. The van der Waals surface area contributed by atoms with E-state index in [4.69, 9.17) is 22.8 Å². The third-order valence-electron chi connectivity index (χ3n) is 1.95. The van der Waals surface area contributed by atoms with Crippen LogP contribution in [0.25, 0.3) is 11.0 Å². The molecule has 5 nitrogen and oxygen atoms in total. The fraction of sp³-hybridized carbons (Fsp3) is 0.300. The highest BCUT2D eigenvalue weighted by atomic mass is 35.5. The maximum atomic E-state index is 5.75. The number of hydrogen-bond acceptors (Lipinski definition) is 4. The molecule has 0 amide bonds.